The van der Waals surface area contributed by atoms with E-state index in [0.717, 1.165) is 11.1 Å². The molecule has 0 fully saturated rings. The van der Waals surface area contributed by atoms with Crippen LogP contribution in [-0.2, 0) is 4.79 Å². The zero-order chi connectivity index (χ0) is 13.7. The van der Waals surface area contributed by atoms with Crippen LogP contribution < -0.4 is 0 Å². The number of pyridine rings is 1. The van der Waals surface area contributed by atoms with E-state index in [1.807, 2.05) is 30.3 Å². The topological polar surface area (TPSA) is 74.0 Å². The molecule has 0 atom stereocenters. The van der Waals surface area contributed by atoms with Crippen LogP contribution in [0.15, 0.2) is 54.4 Å². The van der Waals surface area contributed by atoms with Gasteiger partial charge in [0.05, 0.1) is 0 Å². The van der Waals surface area contributed by atoms with Gasteiger partial charge in [-0.3, -0.25) is 4.98 Å². The highest BCUT2D eigenvalue weighted by Crippen LogP contribution is 2.20. The average Bonchev–Trinajstić information content (AvgIpc) is 2.45. The minimum Gasteiger partial charge on any atom is -0.477 e. The molecule has 0 saturated carbocycles. The molecule has 0 aliphatic carbocycles. The predicted octanol–water partition coefficient (Wildman–Crippen LogP) is 2.74. The highest BCUT2D eigenvalue weighted by Gasteiger charge is 2.06. The van der Waals surface area contributed by atoms with Crippen molar-refractivity contribution in [3.63, 3.8) is 0 Å². The van der Waals surface area contributed by atoms with E-state index >= 15 is 0 Å². The van der Waals surface area contributed by atoms with Crippen molar-refractivity contribution in [3.8, 4) is 17.2 Å². The van der Waals surface area contributed by atoms with Gasteiger partial charge in [0.1, 0.15) is 11.6 Å². The number of nitrogens with zero attached hydrogens (tertiary/aromatic N) is 2. The number of hydrogen-bond acceptors (Lipinski definition) is 3. The SMILES string of the molecule is N#CC(=Cc1cccc(-c2ccncc2)c1)C(=O)O. The molecule has 4 heteroatoms. The van der Waals surface area contributed by atoms with Crippen molar-refractivity contribution >= 4 is 12.0 Å². The van der Waals surface area contributed by atoms with Crippen LogP contribution in [0.1, 0.15) is 5.56 Å². The molecule has 1 heterocycles. The van der Waals surface area contributed by atoms with Crippen LogP contribution in [0.4, 0.5) is 0 Å². The molecule has 0 spiro atoms. The van der Waals surface area contributed by atoms with Crippen LogP contribution >= 0.6 is 0 Å². The van der Waals surface area contributed by atoms with Gasteiger partial charge in [0, 0.05) is 12.4 Å². The van der Waals surface area contributed by atoms with Crippen LogP contribution in [0.2, 0.25) is 0 Å². The van der Waals surface area contributed by atoms with Crippen LogP contribution in [0.5, 0.6) is 0 Å². The van der Waals surface area contributed by atoms with Gasteiger partial charge in [-0.1, -0.05) is 18.2 Å². The Bertz CT molecular complexity index is 670. The van der Waals surface area contributed by atoms with E-state index in [1.54, 1.807) is 24.5 Å². The van der Waals surface area contributed by atoms with E-state index in [0.29, 0.717) is 5.56 Å². The third kappa shape index (κ3) is 3.05. The maximum Gasteiger partial charge on any atom is 0.346 e. The number of aliphatic carboxylic acids is 1. The molecule has 0 amide bonds. The Morgan fingerprint density at radius 1 is 1.21 bits per heavy atom. The second-order valence-electron chi connectivity index (χ2n) is 3.84. The summed E-state index contributed by atoms with van der Waals surface area (Å²) >= 11 is 0. The smallest absolute Gasteiger partial charge is 0.346 e. The minimum absolute atomic E-state index is 0.285. The minimum atomic E-state index is -1.23. The fraction of sp³-hybridized carbons (Fsp3) is 0. The van der Waals surface area contributed by atoms with Gasteiger partial charge in [-0.05, 0) is 41.0 Å². The molecule has 1 aromatic carbocycles. The number of benzene rings is 1. The molecule has 0 bridgehead atoms. The number of nitriles is 1. The fourth-order valence-corrected chi connectivity index (χ4v) is 1.66. The zero-order valence-corrected chi connectivity index (χ0v) is 9.95. The van der Waals surface area contributed by atoms with Crippen molar-refractivity contribution in [2.24, 2.45) is 0 Å². The van der Waals surface area contributed by atoms with E-state index in [9.17, 15) is 4.79 Å². The van der Waals surface area contributed by atoms with Crippen molar-refractivity contribution in [2.75, 3.05) is 0 Å². The number of rotatable bonds is 3. The Morgan fingerprint density at radius 3 is 2.58 bits per heavy atom. The molecule has 0 aliphatic rings. The first-order valence-electron chi connectivity index (χ1n) is 5.56. The van der Waals surface area contributed by atoms with Crippen LogP contribution in [0, 0.1) is 11.3 Å². The molecule has 0 unspecified atom stereocenters. The molecular formula is C15H10N2O2. The summed E-state index contributed by atoms with van der Waals surface area (Å²) in [7, 11) is 0. The first kappa shape index (κ1) is 12.5. The van der Waals surface area contributed by atoms with Gasteiger partial charge >= 0.3 is 5.97 Å². The lowest BCUT2D eigenvalue weighted by atomic mass is 10.0. The first-order valence-corrected chi connectivity index (χ1v) is 5.56. The summed E-state index contributed by atoms with van der Waals surface area (Å²) in [6, 6.07) is 12.7. The van der Waals surface area contributed by atoms with E-state index < -0.39 is 5.97 Å². The lowest BCUT2D eigenvalue weighted by Gasteiger charge is -2.02. The van der Waals surface area contributed by atoms with Crippen molar-refractivity contribution in [1.29, 1.82) is 5.26 Å². The van der Waals surface area contributed by atoms with Crippen LogP contribution in [0.25, 0.3) is 17.2 Å². The number of aromatic nitrogens is 1. The number of carboxylic acid groups (broad SMARTS) is 1. The normalized spacial score (nSPS) is 10.8. The highest BCUT2D eigenvalue weighted by molar-refractivity contribution is 5.96. The molecular weight excluding hydrogens is 240 g/mol. The van der Waals surface area contributed by atoms with E-state index in [-0.39, 0.29) is 5.57 Å². The maximum atomic E-state index is 10.8. The molecule has 0 radical (unpaired) electrons. The summed E-state index contributed by atoms with van der Waals surface area (Å²) in [6.07, 6.45) is 4.73. The molecule has 1 aromatic heterocycles. The second-order valence-corrected chi connectivity index (χ2v) is 3.84. The summed E-state index contributed by atoms with van der Waals surface area (Å²) in [4.78, 5) is 14.7. The highest BCUT2D eigenvalue weighted by atomic mass is 16.4. The Kier molecular flexibility index (Phi) is 3.70. The summed E-state index contributed by atoms with van der Waals surface area (Å²) in [5, 5.41) is 17.6. The van der Waals surface area contributed by atoms with Crippen molar-refractivity contribution < 1.29 is 9.90 Å². The largest absolute Gasteiger partial charge is 0.477 e. The third-order valence-electron chi connectivity index (χ3n) is 2.56. The monoisotopic (exact) mass is 250 g/mol. The van der Waals surface area contributed by atoms with Crippen molar-refractivity contribution in [3.05, 3.63) is 59.9 Å². The molecule has 4 nitrogen and oxygen atoms in total. The van der Waals surface area contributed by atoms with Gasteiger partial charge in [0.25, 0.3) is 0 Å². The lowest BCUT2D eigenvalue weighted by Crippen LogP contribution is -1.97. The standard InChI is InChI=1S/C15H10N2O2/c16-10-14(15(18)19)9-11-2-1-3-13(8-11)12-4-6-17-7-5-12/h1-9H,(H,18,19). The summed E-state index contributed by atoms with van der Waals surface area (Å²) in [5.74, 6) is -1.23. The van der Waals surface area contributed by atoms with E-state index in [1.165, 1.54) is 6.08 Å². The molecule has 92 valence electrons. The van der Waals surface area contributed by atoms with Gasteiger partial charge in [-0.2, -0.15) is 5.26 Å². The van der Waals surface area contributed by atoms with Crippen LogP contribution in [-0.4, -0.2) is 16.1 Å². The van der Waals surface area contributed by atoms with Crippen molar-refractivity contribution in [1.82, 2.24) is 4.98 Å². The molecule has 19 heavy (non-hydrogen) atoms. The Labute approximate surface area is 110 Å². The second kappa shape index (κ2) is 5.61. The van der Waals surface area contributed by atoms with Crippen molar-refractivity contribution in [2.45, 2.75) is 0 Å². The Balaban J connectivity index is 2.41. The maximum absolute atomic E-state index is 10.8. The number of hydrogen-bond donors (Lipinski definition) is 1. The third-order valence-corrected chi connectivity index (χ3v) is 2.56. The van der Waals surface area contributed by atoms with Gasteiger partial charge < -0.3 is 5.11 Å². The molecule has 2 rings (SSSR count). The van der Waals surface area contributed by atoms with Gasteiger partial charge in [0.2, 0.25) is 0 Å². The lowest BCUT2D eigenvalue weighted by molar-refractivity contribution is -0.132. The quantitative estimate of drug-likeness (QED) is 0.671. The molecule has 1 N–H and O–H groups in total. The summed E-state index contributed by atoms with van der Waals surface area (Å²) in [5.41, 5.74) is 2.32. The summed E-state index contributed by atoms with van der Waals surface area (Å²) in [6.45, 7) is 0. The fourth-order valence-electron chi connectivity index (χ4n) is 1.66. The molecule has 0 saturated heterocycles. The van der Waals surface area contributed by atoms with Gasteiger partial charge in [-0.15, -0.1) is 0 Å². The Morgan fingerprint density at radius 2 is 1.95 bits per heavy atom. The van der Waals surface area contributed by atoms with Gasteiger partial charge in [0.15, 0.2) is 0 Å². The van der Waals surface area contributed by atoms with E-state index in [4.69, 9.17) is 10.4 Å². The molecule has 2 aromatic rings. The summed E-state index contributed by atoms with van der Waals surface area (Å²) < 4.78 is 0. The zero-order valence-electron chi connectivity index (χ0n) is 9.95. The van der Waals surface area contributed by atoms with E-state index in [2.05, 4.69) is 4.98 Å². The first-order chi connectivity index (χ1) is 9.20. The Hall–Kier alpha value is -2.93. The van der Waals surface area contributed by atoms with Crippen LogP contribution in [0.3, 0.4) is 0 Å². The number of carboxylic acids is 1. The number of carbonyl (C=O) groups is 1. The van der Waals surface area contributed by atoms with Gasteiger partial charge in [-0.25, -0.2) is 4.79 Å². The average molecular weight is 250 g/mol. The molecule has 0 aliphatic heterocycles. The predicted molar refractivity (Wildman–Crippen MR) is 70.9 cm³/mol.